The summed E-state index contributed by atoms with van der Waals surface area (Å²) in [5.74, 6) is -4.72. The van der Waals surface area contributed by atoms with Crippen molar-refractivity contribution in [1.82, 2.24) is 52.1 Å². The number of nitrogens with zero attached hydrogens (tertiary/aromatic N) is 3. The molecule has 7 aliphatic rings. The van der Waals surface area contributed by atoms with Crippen LogP contribution in [0.5, 0.6) is 46.0 Å². The van der Waals surface area contributed by atoms with Crippen molar-refractivity contribution in [3.8, 4) is 57.1 Å². The zero-order valence-corrected chi connectivity index (χ0v) is 60.6. The van der Waals surface area contributed by atoms with Gasteiger partial charge >= 0.3 is 5.97 Å². The number of primary amides is 1. The van der Waals surface area contributed by atoms with Crippen LogP contribution in [0.3, 0.4) is 0 Å². The van der Waals surface area contributed by atoms with Crippen molar-refractivity contribution in [1.29, 1.82) is 0 Å². The minimum atomic E-state index is -2.37. The lowest BCUT2D eigenvalue weighted by molar-refractivity contribution is -0.329. The average molecular weight is 1580 g/mol. The second kappa shape index (κ2) is 32.6. The molecular weight excluding hydrogens is 1500 g/mol. The summed E-state index contributed by atoms with van der Waals surface area (Å²) in [6, 6.07) is -0.719. The van der Waals surface area contributed by atoms with Crippen molar-refractivity contribution in [2.45, 2.75) is 161 Å². The molecule has 7 aliphatic heterocycles. The maximum atomic E-state index is 16.2. The number of halogens is 2. The number of nitrogen functional groups attached to an aromatic ring is 2. The Bertz CT molecular complexity index is 4540. The van der Waals surface area contributed by atoms with Gasteiger partial charge in [-0.15, -0.1) is 10.2 Å². The number of aliphatic hydroxyl groups is 5. The molecule has 25 N–H and O–H groups in total. The minimum Gasteiger partial charge on any atom is -0.508 e. The van der Waals surface area contributed by atoms with Crippen molar-refractivity contribution >= 4 is 88.2 Å². The SMILES string of the molecule is CN[C@@H](CC(C)C)C(=O)N[C@H]1C(=O)N[C@@H](CC(N)=O)C(=O)N[C@H]2C(=O)N[C@H]3C(=O)N[C@H](C(=O)N[C@@H](C(=O)O)c4cc(O)cc(O)c4-c4cc3ccc4O)[C@H](O)c3ccc(c(Cl)c3)Oc3cc2cc(c3OC2OC(CSc3nnc(NN)n3N)C(O)C(O)C2OC2CC(C)(N)C(O)C(C)O2)Oc2ccc(cc2Cl)[C@H]1O. The van der Waals surface area contributed by atoms with Crippen LogP contribution < -0.4 is 80.0 Å². The number of rotatable bonds is 16. The summed E-state index contributed by atoms with van der Waals surface area (Å²) in [6.45, 7) is 6.64. The van der Waals surface area contributed by atoms with Gasteiger partial charge in [0.2, 0.25) is 58.5 Å². The number of phenols is 3. The van der Waals surface area contributed by atoms with E-state index in [-0.39, 0.29) is 63.1 Å². The molecule has 2 saturated heterocycles. The van der Waals surface area contributed by atoms with Gasteiger partial charge in [0.1, 0.15) is 83.4 Å². The number of amides is 7. The quantitative estimate of drug-likeness (QED) is 0.0330. The number of likely N-dealkylation sites (N-methyl/N-ethyl adjacent to an activating group) is 1. The lowest BCUT2D eigenvalue weighted by Gasteiger charge is -2.47. The van der Waals surface area contributed by atoms with Crippen LogP contribution in [-0.2, 0) is 52.6 Å². The largest absolute Gasteiger partial charge is 0.508 e. The van der Waals surface area contributed by atoms with Gasteiger partial charge in [-0.05, 0) is 110 Å². The third-order valence-corrected chi connectivity index (χ3v) is 20.4. The molecule has 13 rings (SSSR count). The van der Waals surface area contributed by atoms with Gasteiger partial charge in [0, 0.05) is 40.5 Å². The number of hydrogen-bond acceptors (Lipinski definition) is 30. The van der Waals surface area contributed by atoms with Crippen molar-refractivity contribution in [2.24, 2.45) is 23.2 Å². The van der Waals surface area contributed by atoms with E-state index in [9.17, 15) is 69.9 Å². The van der Waals surface area contributed by atoms with Crippen molar-refractivity contribution in [2.75, 3.05) is 24.1 Å². The minimum absolute atomic E-state index is 0.00934. The number of ether oxygens (including phenoxy) is 6. The number of aromatic nitrogens is 3. The highest BCUT2D eigenvalue weighted by atomic mass is 35.5. The summed E-state index contributed by atoms with van der Waals surface area (Å²) < 4.78 is 40.4. The smallest absolute Gasteiger partial charge is 0.330 e. The van der Waals surface area contributed by atoms with Crippen LogP contribution in [0.1, 0.15) is 105 Å². The Morgan fingerprint density at radius 2 is 1.38 bits per heavy atom. The monoisotopic (exact) mass is 1580 g/mol. The molecule has 109 heavy (non-hydrogen) atoms. The standard InChI is InChI=1S/C68H79Cl2N15O23S/c1-23(2)12-34(75-5)58(95)80-49-51(90)26-7-10-38(32(69)14-26)104-40-16-28-17-41(55(40)108-65-56(107-44-21-68(4,72)57(94)24(3)103-44)54(93)53(92)42(106-65)22-109-67-84-83-66(82-73)85(67)74)105-39-11-8-27(15-33(39)70)52(91)50-63(100)79-48(64(101)102)31-18-29(86)19-37(88)45(31)30-13-25(6-9-36(30)87)46(60(97)81-50)78-61(98)47(28)77-59(96)35(20-43(71)89)76-62(49)99/h6-11,13-19,23-24,34-35,42,44,46-54,56-57,65,75,86-88,90-94H,12,20-22,72-74H2,1-5H3,(H2,71,89)(H,76,99)(H,77,96)(H,78,98)(H,79,100)(H,80,95)(H,81,97)(H,82,83)(H,101,102)/t24?,34-,35-,42?,44?,46+,47+,48+,49+,50-,51+,52+,53?,54?,56?,57?,65?,68?/m0/s1. The van der Waals surface area contributed by atoms with E-state index in [1.807, 2.05) is 13.8 Å². The average Bonchev–Trinajstić information content (AvgIpc) is 0.923. The third kappa shape index (κ3) is 17.0. The van der Waals surface area contributed by atoms with E-state index in [1.165, 1.54) is 33.0 Å². The predicted octanol–water partition coefficient (Wildman–Crippen LogP) is -0.503. The number of nitrogens with two attached hydrogens (primary N) is 4. The number of anilines is 1. The van der Waals surface area contributed by atoms with Crippen molar-refractivity contribution in [3.63, 3.8) is 0 Å². The van der Waals surface area contributed by atoms with E-state index >= 15 is 14.4 Å². The fraction of sp³-hybridized carbons (Fsp3) is 0.412. The van der Waals surface area contributed by atoms with E-state index in [2.05, 4.69) is 52.8 Å². The summed E-state index contributed by atoms with van der Waals surface area (Å²) in [5, 5.41) is 130. The van der Waals surface area contributed by atoms with Gasteiger partial charge < -0.3 is 129 Å². The fourth-order valence-electron chi connectivity index (χ4n) is 13.1. The van der Waals surface area contributed by atoms with Gasteiger partial charge in [-0.3, -0.25) is 39.0 Å². The first-order valence-corrected chi connectivity index (χ1v) is 35.4. The molecular formula is C68H79Cl2N15O23S. The lowest BCUT2D eigenvalue weighted by atomic mass is 9.86. The maximum Gasteiger partial charge on any atom is 0.330 e. The molecule has 41 heteroatoms. The summed E-state index contributed by atoms with van der Waals surface area (Å²) in [5.41, 5.74) is 10.3. The second-order valence-electron chi connectivity index (χ2n) is 27.2. The van der Waals surface area contributed by atoms with Gasteiger partial charge in [-0.25, -0.2) is 15.3 Å². The molecule has 5 aromatic carbocycles. The van der Waals surface area contributed by atoms with E-state index < -0.39 is 231 Å². The number of aliphatic hydroxyl groups excluding tert-OH is 5. The molecule has 38 nitrogen and oxygen atoms in total. The van der Waals surface area contributed by atoms with Crippen molar-refractivity contribution in [3.05, 3.63) is 117 Å². The number of carbonyl (C=O) groups excluding carboxylic acids is 7. The summed E-state index contributed by atoms with van der Waals surface area (Å²) in [6.07, 6.45) is -18.5. The van der Waals surface area contributed by atoms with Gasteiger partial charge in [0.05, 0.1) is 40.8 Å². The molecule has 0 radical (unpaired) electrons. The summed E-state index contributed by atoms with van der Waals surface area (Å²) in [7, 11) is 1.47. The molecule has 11 bridgehead atoms. The Balaban J connectivity index is 1.16. The molecule has 9 unspecified atom stereocenters. The highest BCUT2D eigenvalue weighted by molar-refractivity contribution is 7.99. The normalized spacial score (nSPS) is 28.1. The number of carboxylic acid groups (broad SMARTS) is 1. The molecule has 0 saturated carbocycles. The zero-order chi connectivity index (χ0) is 79.1. The summed E-state index contributed by atoms with van der Waals surface area (Å²) in [4.78, 5) is 118. The molecule has 18 atom stereocenters. The van der Waals surface area contributed by atoms with E-state index in [0.717, 1.165) is 83.2 Å². The number of fused-ring (bicyclic) bond motifs is 15. The number of aliphatic carboxylic acids is 1. The molecule has 2 fully saturated rings. The topological polar surface area (TPSA) is 605 Å². The second-order valence-corrected chi connectivity index (χ2v) is 29.0. The first kappa shape index (κ1) is 79.9. The Morgan fingerprint density at radius 3 is 1.97 bits per heavy atom. The van der Waals surface area contributed by atoms with Crippen LogP contribution >= 0.6 is 35.0 Å². The zero-order valence-electron chi connectivity index (χ0n) is 58.3. The lowest BCUT2D eigenvalue weighted by Crippen LogP contribution is -2.64. The highest BCUT2D eigenvalue weighted by Gasteiger charge is 2.52. The number of phenolic OH excluding ortho intramolecular Hbond substituents is 3. The van der Waals surface area contributed by atoms with Gasteiger partial charge in [0.15, 0.2) is 29.9 Å². The number of hydrazine groups is 1. The summed E-state index contributed by atoms with van der Waals surface area (Å²) >= 11 is 15.1. The first-order chi connectivity index (χ1) is 51.5. The van der Waals surface area contributed by atoms with Gasteiger partial charge in [-0.2, -0.15) is 0 Å². The van der Waals surface area contributed by atoms with Crippen molar-refractivity contribution < 1.29 is 113 Å². The molecule has 8 heterocycles. The van der Waals surface area contributed by atoms with Crippen LogP contribution in [0.15, 0.2) is 84.0 Å². The third-order valence-electron chi connectivity index (χ3n) is 18.8. The van der Waals surface area contributed by atoms with E-state index in [0.29, 0.717) is 0 Å². The molecule has 1 aromatic heterocycles. The van der Waals surface area contributed by atoms with Gasteiger partial charge in [0.25, 0.3) is 5.95 Å². The Kier molecular flexibility index (Phi) is 23.9. The number of nitrogens with one attached hydrogen (secondary N) is 8. The number of aromatic hydroxyl groups is 3. The van der Waals surface area contributed by atoms with Crippen LogP contribution in [0.25, 0.3) is 11.1 Å². The molecule has 7 amide bonds. The number of hydrogen-bond donors (Lipinski definition) is 21. The van der Waals surface area contributed by atoms with E-state index in [1.54, 1.807) is 0 Å². The molecule has 0 spiro atoms. The highest BCUT2D eigenvalue weighted by Crippen LogP contribution is 2.50. The number of thioether (sulfide) groups is 1. The number of carbonyl (C=O) groups is 8. The number of benzene rings is 5. The fourth-order valence-corrected chi connectivity index (χ4v) is 14.5. The maximum absolute atomic E-state index is 16.2. The molecule has 584 valence electrons. The Hall–Kier alpha value is -10.1. The Labute approximate surface area is 632 Å². The first-order valence-electron chi connectivity index (χ1n) is 33.7. The molecule has 6 aromatic rings. The predicted molar refractivity (Wildman–Crippen MR) is 381 cm³/mol. The molecule has 0 aliphatic carbocycles. The van der Waals surface area contributed by atoms with Crippen LogP contribution in [0.4, 0.5) is 5.95 Å². The van der Waals surface area contributed by atoms with E-state index in [4.69, 9.17) is 74.8 Å². The van der Waals surface area contributed by atoms with Crippen LogP contribution in [0, 0.1) is 5.92 Å². The van der Waals surface area contributed by atoms with Crippen LogP contribution in [-0.4, -0.2) is 200 Å². The number of carboxylic acids is 1. The van der Waals surface area contributed by atoms with Gasteiger partial charge in [-0.1, -0.05) is 67.0 Å². The Morgan fingerprint density at radius 1 is 0.752 bits per heavy atom. The van der Waals surface area contributed by atoms with Crippen LogP contribution in [0.2, 0.25) is 10.0 Å².